The van der Waals surface area contributed by atoms with Crippen LogP contribution in [0.2, 0.25) is 5.02 Å². The number of hydrogen-bond acceptors (Lipinski definition) is 4. The van der Waals surface area contributed by atoms with Gasteiger partial charge in [-0.1, -0.05) is 25.4 Å². The Kier molecular flexibility index (Phi) is 4.63. The molecule has 0 bridgehead atoms. The minimum atomic E-state index is -0.722. The number of nitrogens with two attached hydrogens (primary N) is 1. The molecule has 6 nitrogen and oxygen atoms in total. The summed E-state index contributed by atoms with van der Waals surface area (Å²) in [5, 5.41) is 13.5. The maximum atomic E-state index is 11.7. The molecule has 0 aliphatic carbocycles. The number of nitrogens with zero attached hydrogens (tertiary/aromatic N) is 1. The Bertz CT molecular complexity index is 477. The molecule has 0 saturated heterocycles. The van der Waals surface area contributed by atoms with Crippen molar-refractivity contribution in [2.45, 2.75) is 19.9 Å². The fourth-order valence-electron chi connectivity index (χ4n) is 1.28. The number of halogens is 1. The number of carbonyl (C=O) groups excluding carboxylic acids is 1. The van der Waals surface area contributed by atoms with Crippen molar-refractivity contribution in [3.63, 3.8) is 0 Å². The van der Waals surface area contributed by atoms with Crippen molar-refractivity contribution < 1.29 is 9.72 Å². The first kappa shape index (κ1) is 14.4. The lowest BCUT2D eigenvalue weighted by Crippen LogP contribution is -2.39. The highest BCUT2D eigenvalue weighted by Crippen LogP contribution is 2.27. The van der Waals surface area contributed by atoms with Crippen LogP contribution in [0.3, 0.4) is 0 Å². The molecular weight excluding hydrogens is 258 g/mol. The number of hydrogen-bond donors (Lipinski definition) is 2. The monoisotopic (exact) mass is 271 g/mol. The molecular formula is C11H14ClN3O3. The van der Waals surface area contributed by atoms with Crippen molar-refractivity contribution in [1.82, 2.24) is 0 Å². The summed E-state index contributed by atoms with van der Waals surface area (Å²) < 4.78 is 0. The summed E-state index contributed by atoms with van der Waals surface area (Å²) in [7, 11) is 0. The molecule has 0 saturated carbocycles. The van der Waals surface area contributed by atoms with Gasteiger partial charge in [-0.05, 0) is 18.1 Å². The van der Waals surface area contributed by atoms with Gasteiger partial charge >= 0.3 is 0 Å². The van der Waals surface area contributed by atoms with E-state index in [0.717, 1.165) is 0 Å². The summed E-state index contributed by atoms with van der Waals surface area (Å²) in [6, 6.07) is 3.30. The minimum absolute atomic E-state index is 0.0589. The zero-order valence-electron chi connectivity index (χ0n) is 10.0. The van der Waals surface area contributed by atoms with Gasteiger partial charge in [0, 0.05) is 11.1 Å². The number of nitro groups is 1. The molecule has 98 valence electrons. The van der Waals surface area contributed by atoms with Crippen LogP contribution in [0.25, 0.3) is 0 Å². The molecule has 0 aliphatic heterocycles. The number of rotatable bonds is 4. The van der Waals surface area contributed by atoms with E-state index in [-0.39, 0.29) is 22.3 Å². The molecule has 1 amide bonds. The standard InChI is InChI=1S/C11H14ClN3O3/c1-6(2)10(13)11(16)14-8-4-3-7(12)5-9(8)15(17)18/h3-6,10H,13H2,1-2H3,(H,14,16)/t10-/m0/s1. The Morgan fingerprint density at radius 2 is 2.11 bits per heavy atom. The zero-order chi connectivity index (χ0) is 13.9. The number of nitro benzene ring substituents is 1. The van der Waals surface area contributed by atoms with Crippen LogP contribution in [0.15, 0.2) is 18.2 Å². The number of amides is 1. The van der Waals surface area contributed by atoms with Crippen molar-refractivity contribution in [2.24, 2.45) is 11.7 Å². The van der Waals surface area contributed by atoms with Crippen molar-refractivity contribution in [3.05, 3.63) is 33.3 Å². The van der Waals surface area contributed by atoms with Crippen LogP contribution in [-0.2, 0) is 4.79 Å². The van der Waals surface area contributed by atoms with E-state index in [1.165, 1.54) is 18.2 Å². The maximum absolute atomic E-state index is 11.7. The van der Waals surface area contributed by atoms with E-state index in [1.54, 1.807) is 13.8 Å². The molecule has 1 aromatic carbocycles. The van der Waals surface area contributed by atoms with E-state index in [2.05, 4.69) is 5.32 Å². The molecule has 0 heterocycles. The summed E-state index contributed by atoms with van der Waals surface area (Å²) in [5.41, 5.74) is 5.49. The highest BCUT2D eigenvalue weighted by Gasteiger charge is 2.21. The molecule has 1 aromatic rings. The van der Waals surface area contributed by atoms with Crippen LogP contribution in [0.4, 0.5) is 11.4 Å². The van der Waals surface area contributed by atoms with Gasteiger partial charge < -0.3 is 11.1 Å². The van der Waals surface area contributed by atoms with Gasteiger partial charge in [0.25, 0.3) is 5.69 Å². The predicted molar refractivity (Wildman–Crippen MR) is 69.5 cm³/mol. The number of anilines is 1. The van der Waals surface area contributed by atoms with Crippen molar-refractivity contribution in [1.29, 1.82) is 0 Å². The first-order valence-electron chi connectivity index (χ1n) is 5.33. The molecule has 0 aliphatic rings. The number of nitrogens with one attached hydrogen (secondary N) is 1. The van der Waals surface area contributed by atoms with Crippen LogP contribution in [0.1, 0.15) is 13.8 Å². The third kappa shape index (κ3) is 3.41. The second-order valence-corrected chi connectivity index (χ2v) is 4.61. The van der Waals surface area contributed by atoms with Crippen LogP contribution >= 0.6 is 11.6 Å². The summed E-state index contributed by atoms with van der Waals surface area (Å²) in [6.45, 7) is 3.58. The lowest BCUT2D eigenvalue weighted by atomic mass is 10.0. The molecule has 0 unspecified atom stereocenters. The minimum Gasteiger partial charge on any atom is -0.320 e. The number of benzene rings is 1. The van der Waals surface area contributed by atoms with Crippen molar-refractivity contribution in [2.75, 3.05) is 5.32 Å². The van der Waals surface area contributed by atoms with Crippen LogP contribution in [0.5, 0.6) is 0 Å². The normalized spacial score (nSPS) is 12.3. The van der Waals surface area contributed by atoms with E-state index in [4.69, 9.17) is 17.3 Å². The van der Waals surface area contributed by atoms with E-state index in [0.29, 0.717) is 0 Å². The Labute approximate surface area is 109 Å². The van der Waals surface area contributed by atoms with Crippen molar-refractivity contribution >= 4 is 28.9 Å². The van der Waals surface area contributed by atoms with E-state index >= 15 is 0 Å². The molecule has 3 N–H and O–H groups in total. The van der Waals surface area contributed by atoms with Crippen LogP contribution in [-0.4, -0.2) is 16.9 Å². The van der Waals surface area contributed by atoms with E-state index in [1.807, 2.05) is 0 Å². The average Bonchev–Trinajstić information content (AvgIpc) is 2.29. The smallest absolute Gasteiger partial charge is 0.294 e. The second-order valence-electron chi connectivity index (χ2n) is 4.18. The average molecular weight is 272 g/mol. The summed E-state index contributed by atoms with van der Waals surface area (Å²) in [5.74, 6) is -0.522. The number of carbonyl (C=O) groups is 1. The largest absolute Gasteiger partial charge is 0.320 e. The Hall–Kier alpha value is -1.66. The van der Waals surface area contributed by atoms with Gasteiger partial charge in [-0.25, -0.2) is 0 Å². The Balaban J connectivity index is 2.98. The SMILES string of the molecule is CC(C)[C@H](N)C(=O)Nc1ccc(Cl)cc1[N+](=O)[O-]. The van der Waals surface area contributed by atoms with E-state index < -0.39 is 16.9 Å². The highest BCUT2D eigenvalue weighted by molar-refractivity contribution is 6.31. The second kappa shape index (κ2) is 5.79. The molecule has 0 fully saturated rings. The fourth-order valence-corrected chi connectivity index (χ4v) is 1.45. The topological polar surface area (TPSA) is 98.3 Å². The van der Waals surface area contributed by atoms with Gasteiger partial charge in [0.05, 0.1) is 11.0 Å². The summed E-state index contributed by atoms with van der Waals surface area (Å²) in [6.07, 6.45) is 0. The molecule has 18 heavy (non-hydrogen) atoms. The maximum Gasteiger partial charge on any atom is 0.294 e. The third-order valence-corrected chi connectivity index (χ3v) is 2.67. The van der Waals surface area contributed by atoms with Gasteiger partial charge in [-0.15, -0.1) is 0 Å². The molecule has 0 aromatic heterocycles. The van der Waals surface area contributed by atoms with Crippen LogP contribution < -0.4 is 11.1 Å². The summed E-state index contributed by atoms with van der Waals surface area (Å²) in [4.78, 5) is 21.9. The van der Waals surface area contributed by atoms with E-state index in [9.17, 15) is 14.9 Å². The molecule has 7 heteroatoms. The van der Waals surface area contributed by atoms with Crippen molar-refractivity contribution in [3.8, 4) is 0 Å². The van der Waals surface area contributed by atoms with Gasteiger partial charge in [0.1, 0.15) is 5.69 Å². The Morgan fingerprint density at radius 1 is 1.50 bits per heavy atom. The molecule has 0 spiro atoms. The first-order valence-corrected chi connectivity index (χ1v) is 5.71. The van der Waals surface area contributed by atoms with Gasteiger partial charge in [0.2, 0.25) is 5.91 Å². The first-order chi connectivity index (χ1) is 8.32. The van der Waals surface area contributed by atoms with Gasteiger partial charge in [-0.2, -0.15) is 0 Å². The van der Waals surface area contributed by atoms with Crippen LogP contribution in [0, 0.1) is 16.0 Å². The predicted octanol–water partition coefficient (Wildman–Crippen LogP) is 2.17. The molecule has 0 radical (unpaired) electrons. The molecule has 1 atom stereocenters. The van der Waals surface area contributed by atoms with Gasteiger partial charge in [0.15, 0.2) is 0 Å². The highest BCUT2D eigenvalue weighted by atomic mass is 35.5. The zero-order valence-corrected chi connectivity index (χ0v) is 10.8. The molecule has 1 rings (SSSR count). The third-order valence-electron chi connectivity index (χ3n) is 2.44. The summed E-state index contributed by atoms with van der Waals surface area (Å²) >= 11 is 5.67. The fraction of sp³-hybridized carbons (Fsp3) is 0.364. The lowest BCUT2D eigenvalue weighted by Gasteiger charge is -2.15. The van der Waals surface area contributed by atoms with Gasteiger partial charge in [-0.3, -0.25) is 14.9 Å². The quantitative estimate of drug-likeness (QED) is 0.647. The lowest BCUT2D eigenvalue weighted by molar-refractivity contribution is -0.383. The Morgan fingerprint density at radius 3 is 2.61 bits per heavy atom.